The van der Waals surface area contributed by atoms with E-state index in [1.54, 1.807) is 0 Å². The van der Waals surface area contributed by atoms with E-state index in [4.69, 9.17) is 14.6 Å². The van der Waals surface area contributed by atoms with E-state index in [1.807, 2.05) is 0 Å². The van der Waals surface area contributed by atoms with Crippen LogP contribution in [0.1, 0.15) is 0 Å². The number of carbonyl (C=O) groups is 1. The maximum absolute atomic E-state index is 11.0. The standard InChI is InChI=1S/C10H12N4O6/c1-19-9-7(14(17)18)8(11-4-12-9)13-6-3-20-2-5(6)10(15)16/h4-6H,2-3H2,1H3,(H,15,16)(H,11,12,13). The molecule has 1 aromatic rings. The van der Waals surface area contributed by atoms with Crippen LogP contribution < -0.4 is 10.1 Å². The van der Waals surface area contributed by atoms with Crippen molar-refractivity contribution < 1.29 is 24.3 Å². The first-order valence-corrected chi connectivity index (χ1v) is 5.65. The van der Waals surface area contributed by atoms with Gasteiger partial charge in [-0.2, -0.15) is 4.98 Å². The molecule has 0 radical (unpaired) electrons. The van der Waals surface area contributed by atoms with Crippen LogP contribution in [0.4, 0.5) is 11.5 Å². The van der Waals surface area contributed by atoms with E-state index in [2.05, 4.69) is 15.3 Å². The van der Waals surface area contributed by atoms with Gasteiger partial charge in [-0.25, -0.2) is 4.98 Å². The Morgan fingerprint density at radius 3 is 2.95 bits per heavy atom. The number of carboxylic acid groups (broad SMARTS) is 1. The molecule has 0 aliphatic carbocycles. The monoisotopic (exact) mass is 284 g/mol. The Labute approximate surface area is 112 Å². The summed E-state index contributed by atoms with van der Waals surface area (Å²) in [5.74, 6) is -2.12. The number of aromatic nitrogens is 2. The molecule has 2 unspecified atom stereocenters. The van der Waals surface area contributed by atoms with Crippen LogP contribution in [0, 0.1) is 16.0 Å². The molecule has 0 bridgehead atoms. The predicted molar refractivity (Wildman–Crippen MR) is 64.6 cm³/mol. The Morgan fingerprint density at radius 1 is 1.60 bits per heavy atom. The number of rotatable bonds is 5. The van der Waals surface area contributed by atoms with Crippen molar-refractivity contribution in [1.29, 1.82) is 0 Å². The summed E-state index contributed by atoms with van der Waals surface area (Å²) in [5.41, 5.74) is -0.439. The summed E-state index contributed by atoms with van der Waals surface area (Å²) < 4.78 is 9.88. The molecular weight excluding hydrogens is 272 g/mol. The third-order valence-corrected chi connectivity index (χ3v) is 2.88. The van der Waals surface area contributed by atoms with Crippen LogP contribution >= 0.6 is 0 Å². The number of hydrogen-bond acceptors (Lipinski definition) is 8. The zero-order valence-corrected chi connectivity index (χ0v) is 10.5. The molecule has 0 amide bonds. The van der Waals surface area contributed by atoms with E-state index in [0.29, 0.717) is 0 Å². The van der Waals surface area contributed by atoms with Crippen molar-refractivity contribution in [2.45, 2.75) is 6.04 Å². The lowest BCUT2D eigenvalue weighted by Gasteiger charge is -2.16. The number of methoxy groups -OCH3 is 1. The highest BCUT2D eigenvalue weighted by atomic mass is 16.6. The maximum atomic E-state index is 11.0. The third-order valence-electron chi connectivity index (χ3n) is 2.88. The normalized spacial score (nSPS) is 21.4. The lowest BCUT2D eigenvalue weighted by atomic mass is 10.0. The molecule has 2 heterocycles. The Morgan fingerprint density at radius 2 is 2.35 bits per heavy atom. The van der Waals surface area contributed by atoms with Crippen LogP contribution in [0.3, 0.4) is 0 Å². The number of anilines is 1. The number of carboxylic acids is 1. The van der Waals surface area contributed by atoms with Crippen molar-refractivity contribution in [3.05, 3.63) is 16.4 Å². The maximum Gasteiger partial charge on any atom is 0.372 e. The van der Waals surface area contributed by atoms with Crippen molar-refractivity contribution in [3.8, 4) is 5.88 Å². The number of aliphatic carboxylic acids is 1. The van der Waals surface area contributed by atoms with Crippen molar-refractivity contribution in [2.75, 3.05) is 25.6 Å². The van der Waals surface area contributed by atoms with Gasteiger partial charge in [-0.15, -0.1) is 0 Å². The molecule has 1 saturated heterocycles. The largest absolute Gasteiger partial charge is 0.481 e. The highest BCUT2D eigenvalue weighted by Gasteiger charge is 2.36. The Kier molecular flexibility index (Phi) is 3.94. The molecule has 10 nitrogen and oxygen atoms in total. The quantitative estimate of drug-likeness (QED) is 0.561. The van der Waals surface area contributed by atoms with Gasteiger partial charge in [-0.3, -0.25) is 14.9 Å². The second kappa shape index (κ2) is 5.65. The molecular formula is C10H12N4O6. The van der Waals surface area contributed by atoms with Gasteiger partial charge in [0.1, 0.15) is 12.2 Å². The van der Waals surface area contributed by atoms with Gasteiger partial charge in [0.25, 0.3) is 5.88 Å². The van der Waals surface area contributed by atoms with Crippen molar-refractivity contribution in [3.63, 3.8) is 0 Å². The Hall–Kier alpha value is -2.49. The van der Waals surface area contributed by atoms with Gasteiger partial charge >= 0.3 is 11.7 Å². The predicted octanol–water partition coefficient (Wildman–Crippen LogP) is -0.0951. The fraction of sp³-hybridized carbons (Fsp3) is 0.500. The number of hydrogen-bond donors (Lipinski definition) is 2. The zero-order valence-electron chi connectivity index (χ0n) is 10.5. The van der Waals surface area contributed by atoms with Crippen LogP contribution in [0.25, 0.3) is 0 Å². The molecule has 2 N–H and O–H groups in total. The van der Waals surface area contributed by atoms with Crippen molar-refractivity contribution in [1.82, 2.24) is 9.97 Å². The van der Waals surface area contributed by atoms with E-state index in [0.717, 1.165) is 6.33 Å². The number of ether oxygens (including phenoxy) is 2. The molecule has 1 aliphatic rings. The van der Waals surface area contributed by atoms with Gasteiger partial charge in [0.05, 0.1) is 31.3 Å². The summed E-state index contributed by atoms with van der Waals surface area (Å²) in [6, 6.07) is -0.606. The molecule has 0 aromatic carbocycles. The summed E-state index contributed by atoms with van der Waals surface area (Å²) in [6.07, 6.45) is 1.10. The lowest BCUT2D eigenvalue weighted by molar-refractivity contribution is -0.385. The summed E-state index contributed by atoms with van der Waals surface area (Å²) in [4.78, 5) is 28.8. The Bertz CT molecular complexity index is 536. The molecule has 108 valence electrons. The van der Waals surface area contributed by atoms with Crippen molar-refractivity contribution in [2.24, 2.45) is 5.92 Å². The molecule has 1 aliphatic heterocycles. The zero-order chi connectivity index (χ0) is 14.7. The summed E-state index contributed by atoms with van der Waals surface area (Å²) in [5, 5.41) is 22.8. The highest BCUT2D eigenvalue weighted by Crippen LogP contribution is 2.32. The molecule has 0 spiro atoms. The lowest BCUT2D eigenvalue weighted by Crippen LogP contribution is -2.33. The van der Waals surface area contributed by atoms with Crippen LogP contribution in [0.5, 0.6) is 5.88 Å². The van der Waals surface area contributed by atoms with E-state index in [9.17, 15) is 14.9 Å². The van der Waals surface area contributed by atoms with Gasteiger partial charge in [0.15, 0.2) is 0 Å². The second-order valence-corrected chi connectivity index (χ2v) is 4.07. The first kappa shape index (κ1) is 13.9. The SMILES string of the molecule is COc1ncnc(NC2COCC2C(=O)O)c1[N+](=O)[O-]. The van der Waals surface area contributed by atoms with Gasteiger partial charge in [-0.1, -0.05) is 0 Å². The molecule has 20 heavy (non-hydrogen) atoms. The topological polar surface area (TPSA) is 137 Å². The number of nitrogens with zero attached hydrogens (tertiary/aromatic N) is 3. The van der Waals surface area contributed by atoms with Crippen LogP contribution in [-0.2, 0) is 9.53 Å². The highest BCUT2D eigenvalue weighted by molar-refractivity contribution is 5.73. The van der Waals surface area contributed by atoms with Crippen LogP contribution in [-0.4, -0.2) is 52.3 Å². The van der Waals surface area contributed by atoms with E-state index < -0.39 is 28.5 Å². The summed E-state index contributed by atoms with van der Waals surface area (Å²) in [6.45, 7) is 0.170. The minimum Gasteiger partial charge on any atom is -0.481 e. The van der Waals surface area contributed by atoms with Gasteiger partial charge in [0, 0.05) is 0 Å². The van der Waals surface area contributed by atoms with E-state index in [-0.39, 0.29) is 24.9 Å². The summed E-state index contributed by atoms with van der Waals surface area (Å²) >= 11 is 0. The van der Waals surface area contributed by atoms with Gasteiger partial charge in [0.2, 0.25) is 5.82 Å². The average molecular weight is 284 g/mol. The fourth-order valence-electron chi connectivity index (χ4n) is 1.90. The molecule has 2 rings (SSSR count). The van der Waals surface area contributed by atoms with Crippen LogP contribution in [0.2, 0.25) is 0 Å². The van der Waals surface area contributed by atoms with E-state index in [1.165, 1.54) is 7.11 Å². The second-order valence-electron chi connectivity index (χ2n) is 4.07. The molecule has 2 atom stereocenters. The molecule has 0 saturated carbocycles. The fourth-order valence-corrected chi connectivity index (χ4v) is 1.90. The first-order chi connectivity index (χ1) is 9.54. The van der Waals surface area contributed by atoms with Crippen molar-refractivity contribution >= 4 is 17.5 Å². The average Bonchev–Trinajstić information content (AvgIpc) is 2.86. The minimum absolute atomic E-state index is 0.0447. The first-order valence-electron chi connectivity index (χ1n) is 5.65. The van der Waals surface area contributed by atoms with Crippen LogP contribution in [0.15, 0.2) is 6.33 Å². The number of nitrogens with one attached hydrogen (secondary N) is 1. The number of nitro groups is 1. The molecule has 10 heteroatoms. The Balaban J connectivity index is 2.29. The van der Waals surface area contributed by atoms with Gasteiger partial charge < -0.3 is 19.9 Å². The third kappa shape index (κ3) is 2.59. The molecule has 1 aromatic heterocycles. The van der Waals surface area contributed by atoms with Gasteiger partial charge in [-0.05, 0) is 0 Å². The summed E-state index contributed by atoms with van der Waals surface area (Å²) in [7, 11) is 1.25. The molecule has 1 fully saturated rings. The smallest absolute Gasteiger partial charge is 0.372 e. The minimum atomic E-state index is -1.04. The van der Waals surface area contributed by atoms with E-state index >= 15 is 0 Å².